The number of rotatable bonds is 6. The summed E-state index contributed by atoms with van der Waals surface area (Å²) in [4.78, 5) is 5.04. The third kappa shape index (κ3) is 6.56. The summed E-state index contributed by atoms with van der Waals surface area (Å²) < 4.78 is 19.1. The second-order valence-corrected chi connectivity index (χ2v) is 26.3. The monoisotopic (exact) mass is 1130 g/mol. The lowest BCUT2D eigenvalue weighted by Crippen LogP contribution is -2.20. The van der Waals surface area contributed by atoms with Gasteiger partial charge in [-0.25, -0.2) is 0 Å². The summed E-state index contributed by atoms with van der Waals surface area (Å²) in [6.45, 7) is 14.1. The van der Waals surface area contributed by atoms with Crippen molar-refractivity contribution in [3.63, 3.8) is 0 Å². The molecule has 6 aromatic heterocycles. The minimum Gasteiger partial charge on any atom is -0.454 e. The van der Waals surface area contributed by atoms with Crippen LogP contribution >= 0.6 is 0 Å². The molecule has 0 radical (unpaired) electrons. The van der Waals surface area contributed by atoms with Crippen LogP contribution < -0.4 is 9.80 Å². The number of para-hydroxylation sites is 6. The minimum absolute atomic E-state index is 0.230. The second-order valence-electron chi connectivity index (χ2n) is 26.3. The first-order valence-corrected chi connectivity index (χ1v) is 30.7. The molecule has 0 aliphatic heterocycles. The largest absolute Gasteiger partial charge is 0.454 e. The Balaban J connectivity index is 0.906. The van der Waals surface area contributed by atoms with Gasteiger partial charge in [-0.2, -0.15) is 0 Å². The van der Waals surface area contributed by atoms with Crippen LogP contribution in [0.4, 0.5) is 34.1 Å². The van der Waals surface area contributed by atoms with Crippen LogP contribution in [0.15, 0.2) is 251 Å². The SMILES string of the molecule is CC(C)(C)c1c(N(c2cccc3c2oc2ccccc23)c2ccc3c4cc5c(cc4n4c6ccccc6c2c34)c2ccc(N(c3ccc4ccccc4c3C(C)(C)C)c3cccc4c3oc3ccccc34)c3c4ccccc4n5c23)ccc2ccccc12. The summed E-state index contributed by atoms with van der Waals surface area (Å²) in [6.07, 6.45) is 0. The van der Waals surface area contributed by atoms with Gasteiger partial charge in [-0.3, -0.25) is 0 Å². The van der Waals surface area contributed by atoms with Crippen LogP contribution in [-0.2, 0) is 10.8 Å². The summed E-state index contributed by atoms with van der Waals surface area (Å²) >= 11 is 0. The van der Waals surface area contributed by atoms with Crippen molar-refractivity contribution in [2.75, 3.05) is 9.80 Å². The number of benzene rings is 13. The number of anilines is 6. The molecule has 6 nitrogen and oxygen atoms in total. The maximum absolute atomic E-state index is 7.00. The third-order valence-corrected chi connectivity index (χ3v) is 19.3. The molecule has 0 saturated carbocycles. The van der Waals surface area contributed by atoms with Crippen molar-refractivity contribution in [3.05, 3.63) is 254 Å². The molecule has 13 aromatic carbocycles. The zero-order chi connectivity index (χ0) is 58.6. The molecule has 0 bridgehead atoms. The Bertz CT molecular complexity index is 5800. The minimum atomic E-state index is -0.230. The average Bonchev–Trinajstić information content (AvgIpc) is 1.52. The predicted molar refractivity (Wildman–Crippen MR) is 372 cm³/mol. The van der Waals surface area contributed by atoms with E-state index in [4.69, 9.17) is 8.83 Å². The van der Waals surface area contributed by atoms with Crippen molar-refractivity contribution >= 4 is 176 Å². The number of furan rings is 2. The van der Waals surface area contributed by atoms with E-state index in [1.807, 2.05) is 0 Å². The highest BCUT2D eigenvalue weighted by Gasteiger charge is 2.34. The molecule has 0 spiro atoms. The summed E-state index contributed by atoms with van der Waals surface area (Å²) in [7, 11) is 0. The Morgan fingerprint density at radius 3 is 1.07 bits per heavy atom. The lowest BCUT2D eigenvalue weighted by molar-refractivity contribution is 0.596. The molecule has 0 saturated heterocycles. The normalized spacial score (nSPS) is 12.9. The lowest BCUT2D eigenvalue weighted by atomic mass is 9.81. The molecule has 418 valence electrons. The van der Waals surface area contributed by atoms with Crippen LogP contribution in [-0.4, -0.2) is 8.80 Å². The van der Waals surface area contributed by atoms with E-state index in [0.29, 0.717) is 0 Å². The fraction of sp³-hybridized carbons (Fsp3) is 0.0976. The first kappa shape index (κ1) is 49.4. The topological polar surface area (TPSA) is 41.6 Å². The molecule has 0 atom stereocenters. The predicted octanol–water partition coefficient (Wildman–Crippen LogP) is 23.6. The van der Waals surface area contributed by atoms with Gasteiger partial charge in [0, 0.05) is 64.6 Å². The van der Waals surface area contributed by atoms with E-state index in [9.17, 15) is 0 Å². The molecule has 0 amide bonds. The molecule has 0 aliphatic rings. The molecular weight excluding hydrogens is 1070 g/mol. The van der Waals surface area contributed by atoms with Crippen molar-refractivity contribution in [2.45, 2.75) is 52.4 Å². The van der Waals surface area contributed by atoms with Gasteiger partial charge in [0.15, 0.2) is 11.2 Å². The summed E-state index contributed by atoms with van der Waals surface area (Å²) in [5.41, 5.74) is 19.1. The van der Waals surface area contributed by atoms with E-state index < -0.39 is 0 Å². The molecule has 88 heavy (non-hydrogen) atoms. The number of fused-ring (bicyclic) bond motifs is 20. The van der Waals surface area contributed by atoms with Crippen molar-refractivity contribution in [3.8, 4) is 0 Å². The molecule has 0 fully saturated rings. The average molecular weight is 1130 g/mol. The van der Waals surface area contributed by atoms with Gasteiger partial charge in [-0.05, 0) is 116 Å². The molecule has 0 aliphatic carbocycles. The first-order valence-electron chi connectivity index (χ1n) is 30.7. The van der Waals surface area contributed by atoms with E-state index in [-0.39, 0.29) is 10.8 Å². The summed E-state index contributed by atoms with van der Waals surface area (Å²) in [6, 6.07) is 89.8. The van der Waals surface area contributed by atoms with Gasteiger partial charge >= 0.3 is 0 Å². The highest BCUT2D eigenvalue weighted by Crippen LogP contribution is 2.56. The molecule has 6 heterocycles. The van der Waals surface area contributed by atoms with Crippen LogP contribution in [0.25, 0.3) is 142 Å². The molecule has 0 unspecified atom stereocenters. The highest BCUT2D eigenvalue weighted by molar-refractivity contribution is 6.33. The molecule has 19 rings (SSSR count). The van der Waals surface area contributed by atoms with E-state index in [2.05, 4.69) is 303 Å². The van der Waals surface area contributed by atoms with Crippen molar-refractivity contribution in [1.82, 2.24) is 8.80 Å². The Hall–Kier alpha value is -10.8. The van der Waals surface area contributed by atoms with E-state index in [0.717, 1.165) is 78.0 Å². The zero-order valence-corrected chi connectivity index (χ0v) is 49.7. The fourth-order valence-corrected chi connectivity index (χ4v) is 15.9. The van der Waals surface area contributed by atoms with Gasteiger partial charge in [0.25, 0.3) is 0 Å². The first-order chi connectivity index (χ1) is 43.0. The van der Waals surface area contributed by atoms with Crippen molar-refractivity contribution in [2.24, 2.45) is 0 Å². The number of hydrogen-bond donors (Lipinski definition) is 0. The van der Waals surface area contributed by atoms with Crippen molar-refractivity contribution < 1.29 is 8.83 Å². The molecular formula is C82H58N4O2. The number of nitrogens with zero attached hydrogens (tertiary/aromatic N) is 4. The quantitative estimate of drug-likeness (QED) is 0.166. The number of aromatic nitrogens is 2. The molecule has 0 N–H and O–H groups in total. The van der Waals surface area contributed by atoms with Gasteiger partial charge in [0.1, 0.15) is 11.2 Å². The second kappa shape index (κ2) is 17.4. The van der Waals surface area contributed by atoms with Crippen molar-refractivity contribution in [1.29, 1.82) is 0 Å². The van der Waals surface area contributed by atoms with Gasteiger partial charge in [0.05, 0.1) is 67.2 Å². The van der Waals surface area contributed by atoms with Crippen LogP contribution in [0.2, 0.25) is 0 Å². The fourth-order valence-electron chi connectivity index (χ4n) is 15.9. The van der Waals surface area contributed by atoms with Crippen LogP contribution in [0, 0.1) is 0 Å². The zero-order valence-electron chi connectivity index (χ0n) is 49.7. The number of hydrogen-bond acceptors (Lipinski definition) is 4. The standard InChI is InChI=1S/C82H58N4O2/c1-81(2,3)75-49-23-9-7-21-47(49)37-41-65(75)83(67-33-19-29-55-51-25-13-17-35-71(51)87-79(55)67)63-43-39-53-59-45-70-60(46-69(59)85-61-31-15-11-27-57(61)73(63)77(53)85)54-40-44-64(74-58-28-12-16-32-62(58)86(70)78(54)74)84(66-42-38-48-22-8-10-24-50(48)76(66)82(4,5)6)68-34-20-30-56-52-26-14-18-36-72(52)88-80(56)68/h7-46H,1-6H3. The Morgan fingerprint density at radius 2 is 0.636 bits per heavy atom. The lowest BCUT2D eigenvalue weighted by Gasteiger charge is -2.33. The van der Waals surface area contributed by atoms with Gasteiger partial charge in [-0.15, -0.1) is 0 Å². The van der Waals surface area contributed by atoms with Gasteiger partial charge < -0.3 is 27.4 Å². The Labute approximate surface area is 506 Å². The Kier molecular flexibility index (Phi) is 9.79. The maximum Gasteiger partial charge on any atom is 0.159 e. The van der Waals surface area contributed by atoms with Gasteiger partial charge in [0.2, 0.25) is 0 Å². The van der Waals surface area contributed by atoms with Crippen LogP contribution in [0.5, 0.6) is 0 Å². The van der Waals surface area contributed by atoms with E-state index >= 15 is 0 Å². The molecule has 6 heteroatoms. The molecule has 19 aromatic rings. The highest BCUT2D eigenvalue weighted by atomic mass is 16.3. The summed E-state index contributed by atoms with van der Waals surface area (Å²) in [5, 5.41) is 19.0. The smallest absolute Gasteiger partial charge is 0.159 e. The van der Waals surface area contributed by atoms with Crippen LogP contribution in [0.1, 0.15) is 52.7 Å². The maximum atomic E-state index is 7.00. The third-order valence-electron chi connectivity index (χ3n) is 19.3. The Morgan fingerprint density at radius 1 is 0.273 bits per heavy atom. The van der Waals surface area contributed by atoms with E-state index in [1.165, 1.54) is 109 Å². The van der Waals surface area contributed by atoms with E-state index in [1.54, 1.807) is 0 Å². The van der Waals surface area contributed by atoms with Gasteiger partial charge in [-0.1, -0.05) is 211 Å². The van der Waals surface area contributed by atoms with Crippen LogP contribution in [0.3, 0.4) is 0 Å². The summed E-state index contributed by atoms with van der Waals surface area (Å²) in [5.74, 6) is 0.